The molecule has 0 aromatic heterocycles. The Morgan fingerprint density at radius 3 is 2.50 bits per heavy atom. The number of nitrogens with one attached hydrogen (secondary N) is 2. The molecule has 0 fully saturated rings. The van der Waals surface area contributed by atoms with E-state index in [1.165, 1.54) is 0 Å². The van der Waals surface area contributed by atoms with Crippen LogP contribution < -0.4 is 16.4 Å². The second-order valence-electron chi connectivity index (χ2n) is 4.62. The van der Waals surface area contributed by atoms with E-state index in [0.29, 0.717) is 18.9 Å². The maximum absolute atomic E-state index is 11.5. The largest absolute Gasteiger partial charge is 0.370 e. The molecular formula is C15H24N4O. The van der Waals surface area contributed by atoms with Gasteiger partial charge in [0.15, 0.2) is 5.96 Å². The number of hydrogen-bond donors (Lipinski definition) is 3. The highest BCUT2D eigenvalue weighted by atomic mass is 16.1. The molecule has 110 valence electrons. The van der Waals surface area contributed by atoms with E-state index in [-0.39, 0.29) is 5.91 Å². The van der Waals surface area contributed by atoms with Crippen molar-refractivity contribution in [2.24, 2.45) is 10.7 Å². The van der Waals surface area contributed by atoms with Gasteiger partial charge in [-0.15, -0.1) is 0 Å². The van der Waals surface area contributed by atoms with Crippen molar-refractivity contribution in [2.75, 3.05) is 11.9 Å². The molecule has 0 saturated heterocycles. The van der Waals surface area contributed by atoms with E-state index in [9.17, 15) is 4.79 Å². The Bertz CT molecular complexity index is 440. The number of rotatable bonds is 7. The molecule has 0 aliphatic carbocycles. The number of benzene rings is 1. The van der Waals surface area contributed by atoms with Gasteiger partial charge in [0.1, 0.15) is 0 Å². The number of amides is 1. The predicted molar refractivity (Wildman–Crippen MR) is 83.6 cm³/mol. The minimum Gasteiger partial charge on any atom is -0.370 e. The summed E-state index contributed by atoms with van der Waals surface area (Å²) in [5.74, 6) is 0.512. The minimum atomic E-state index is 0.0475. The first kappa shape index (κ1) is 16.0. The lowest BCUT2D eigenvalue weighted by molar-refractivity contribution is -0.116. The molecule has 1 rings (SSSR count). The number of hydrogen-bond acceptors (Lipinski definition) is 2. The van der Waals surface area contributed by atoms with Gasteiger partial charge in [-0.3, -0.25) is 4.79 Å². The molecule has 0 radical (unpaired) electrons. The molecule has 1 aromatic rings. The molecule has 4 N–H and O–H groups in total. The Kier molecular flexibility index (Phi) is 7.17. The zero-order valence-corrected chi connectivity index (χ0v) is 12.3. The fraction of sp³-hybridized carbons (Fsp3) is 0.467. The SMILES string of the molecule is CCCNC(N)=NCc1ccc(NC(=O)CCC)cc1. The number of carbonyl (C=O) groups excluding carboxylic acids is 1. The predicted octanol–water partition coefficient (Wildman–Crippen LogP) is 2.24. The lowest BCUT2D eigenvalue weighted by Crippen LogP contribution is -2.32. The van der Waals surface area contributed by atoms with Gasteiger partial charge >= 0.3 is 0 Å². The molecule has 5 nitrogen and oxygen atoms in total. The topological polar surface area (TPSA) is 79.5 Å². The highest BCUT2D eigenvalue weighted by Gasteiger charge is 2.00. The molecule has 0 heterocycles. The second-order valence-corrected chi connectivity index (χ2v) is 4.62. The fourth-order valence-electron chi connectivity index (χ4n) is 1.63. The first-order valence-corrected chi connectivity index (χ1v) is 7.08. The summed E-state index contributed by atoms with van der Waals surface area (Å²) in [6.45, 7) is 5.42. The summed E-state index contributed by atoms with van der Waals surface area (Å²) in [6.07, 6.45) is 2.41. The van der Waals surface area contributed by atoms with Gasteiger partial charge in [-0.05, 0) is 30.5 Å². The van der Waals surface area contributed by atoms with Crippen molar-refractivity contribution in [1.29, 1.82) is 0 Å². The van der Waals surface area contributed by atoms with Crippen LogP contribution >= 0.6 is 0 Å². The van der Waals surface area contributed by atoms with Crippen molar-refractivity contribution in [1.82, 2.24) is 5.32 Å². The first-order chi connectivity index (χ1) is 9.65. The van der Waals surface area contributed by atoms with E-state index in [1.54, 1.807) is 0 Å². The summed E-state index contributed by atoms with van der Waals surface area (Å²) in [4.78, 5) is 15.7. The van der Waals surface area contributed by atoms with Crippen LogP contribution in [0, 0.1) is 0 Å². The Hall–Kier alpha value is -2.04. The molecule has 0 atom stereocenters. The second kappa shape index (κ2) is 8.96. The van der Waals surface area contributed by atoms with Crippen molar-refractivity contribution in [3.8, 4) is 0 Å². The number of carbonyl (C=O) groups is 1. The van der Waals surface area contributed by atoms with Gasteiger partial charge < -0.3 is 16.4 Å². The van der Waals surface area contributed by atoms with Crippen LogP contribution in [0.1, 0.15) is 38.7 Å². The van der Waals surface area contributed by atoms with E-state index in [4.69, 9.17) is 5.73 Å². The molecule has 0 aliphatic heterocycles. The van der Waals surface area contributed by atoms with Gasteiger partial charge in [-0.1, -0.05) is 26.0 Å². The summed E-state index contributed by atoms with van der Waals surface area (Å²) >= 11 is 0. The number of nitrogens with zero attached hydrogens (tertiary/aromatic N) is 1. The van der Waals surface area contributed by atoms with E-state index in [0.717, 1.165) is 30.6 Å². The van der Waals surface area contributed by atoms with Gasteiger partial charge in [-0.25, -0.2) is 4.99 Å². The Morgan fingerprint density at radius 2 is 1.90 bits per heavy atom. The standard InChI is InChI=1S/C15H24N4O/c1-3-5-14(20)19-13-8-6-12(7-9-13)11-18-15(16)17-10-4-2/h6-9H,3-5,10-11H2,1-2H3,(H,19,20)(H3,16,17,18). The van der Waals surface area contributed by atoms with Crippen LogP contribution in [-0.2, 0) is 11.3 Å². The molecule has 20 heavy (non-hydrogen) atoms. The zero-order chi connectivity index (χ0) is 14.8. The lowest BCUT2D eigenvalue weighted by atomic mass is 10.2. The molecule has 1 amide bonds. The van der Waals surface area contributed by atoms with Crippen LogP contribution in [0.15, 0.2) is 29.3 Å². The van der Waals surface area contributed by atoms with Crippen molar-refractivity contribution >= 4 is 17.6 Å². The van der Waals surface area contributed by atoms with Crippen LogP contribution in [0.2, 0.25) is 0 Å². The number of nitrogens with two attached hydrogens (primary N) is 1. The third kappa shape index (κ3) is 6.22. The number of aliphatic imine (C=N–C) groups is 1. The summed E-state index contributed by atoms with van der Waals surface area (Å²) in [7, 11) is 0. The molecule has 0 unspecified atom stereocenters. The third-order valence-corrected chi connectivity index (χ3v) is 2.70. The molecule has 0 bridgehead atoms. The van der Waals surface area contributed by atoms with E-state index < -0.39 is 0 Å². The van der Waals surface area contributed by atoms with E-state index >= 15 is 0 Å². The molecule has 1 aromatic carbocycles. The average molecular weight is 276 g/mol. The Balaban J connectivity index is 2.48. The molecule has 0 saturated carbocycles. The number of anilines is 1. The van der Waals surface area contributed by atoms with E-state index in [1.807, 2.05) is 31.2 Å². The normalized spacial score (nSPS) is 11.2. The van der Waals surface area contributed by atoms with Crippen molar-refractivity contribution in [2.45, 2.75) is 39.7 Å². The minimum absolute atomic E-state index is 0.0475. The average Bonchev–Trinajstić information content (AvgIpc) is 2.44. The van der Waals surface area contributed by atoms with Gasteiger partial charge in [0.05, 0.1) is 6.54 Å². The first-order valence-electron chi connectivity index (χ1n) is 7.08. The van der Waals surface area contributed by atoms with Crippen LogP contribution in [0.3, 0.4) is 0 Å². The van der Waals surface area contributed by atoms with Crippen LogP contribution in [-0.4, -0.2) is 18.4 Å². The van der Waals surface area contributed by atoms with Crippen molar-refractivity contribution in [3.63, 3.8) is 0 Å². The maximum atomic E-state index is 11.5. The molecule has 5 heteroatoms. The highest BCUT2D eigenvalue weighted by Crippen LogP contribution is 2.11. The fourth-order valence-corrected chi connectivity index (χ4v) is 1.63. The van der Waals surface area contributed by atoms with Gasteiger partial charge in [-0.2, -0.15) is 0 Å². The molecule has 0 aliphatic rings. The van der Waals surface area contributed by atoms with Crippen LogP contribution in [0.4, 0.5) is 5.69 Å². The summed E-state index contributed by atoms with van der Waals surface area (Å²) in [5.41, 5.74) is 7.59. The number of guanidine groups is 1. The molecular weight excluding hydrogens is 252 g/mol. The quantitative estimate of drug-likeness (QED) is 0.528. The Labute approximate surface area is 120 Å². The van der Waals surface area contributed by atoms with Crippen LogP contribution in [0.5, 0.6) is 0 Å². The van der Waals surface area contributed by atoms with Crippen LogP contribution in [0.25, 0.3) is 0 Å². The van der Waals surface area contributed by atoms with Gasteiger partial charge in [0, 0.05) is 18.7 Å². The third-order valence-electron chi connectivity index (χ3n) is 2.70. The monoisotopic (exact) mass is 276 g/mol. The van der Waals surface area contributed by atoms with Crippen molar-refractivity contribution < 1.29 is 4.79 Å². The summed E-state index contributed by atoms with van der Waals surface area (Å²) < 4.78 is 0. The smallest absolute Gasteiger partial charge is 0.224 e. The Morgan fingerprint density at radius 1 is 1.20 bits per heavy atom. The van der Waals surface area contributed by atoms with Gasteiger partial charge in [0.2, 0.25) is 5.91 Å². The van der Waals surface area contributed by atoms with Crippen molar-refractivity contribution in [3.05, 3.63) is 29.8 Å². The van der Waals surface area contributed by atoms with E-state index in [2.05, 4.69) is 22.5 Å². The summed E-state index contributed by atoms with van der Waals surface area (Å²) in [5, 5.41) is 5.88. The summed E-state index contributed by atoms with van der Waals surface area (Å²) in [6, 6.07) is 7.65. The lowest BCUT2D eigenvalue weighted by Gasteiger charge is -2.06. The molecule has 0 spiro atoms. The maximum Gasteiger partial charge on any atom is 0.224 e. The highest BCUT2D eigenvalue weighted by molar-refractivity contribution is 5.90. The zero-order valence-electron chi connectivity index (χ0n) is 12.3. The van der Waals surface area contributed by atoms with Gasteiger partial charge in [0.25, 0.3) is 0 Å².